The third-order valence-corrected chi connectivity index (χ3v) is 6.51. The molecule has 0 spiro atoms. The number of hydrogen-bond acceptors (Lipinski definition) is 5. The van der Waals surface area contributed by atoms with Gasteiger partial charge in [0.15, 0.2) is 0 Å². The molecule has 3 heterocycles. The Morgan fingerprint density at radius 3 is 2.32 bits per heavy atom. The summed E-state index contributed by atoms with van der Waals surface area (Å²) < 4.78 is 1.99. The number of imidazole rings is 1. The molecule has 0 aliphatic carbocycles. The van der Waals surface area contributed by atoms with Gasteiger partial charge >= 0.3 is 0 Å². The predicted molar refractivity (Wildman–Crippen MR) is 128 cm³/mol. The molecule has 9 heteroatoms. The van der Waals surface area contributed by atoms with Gasteiger partial charge in [0.1, 0.15) is 0 Å². The predicted octanol–water partition coefficient (Wildman–Crippen LogP) is 3.25. The van der Waals surface area contributed by atoms with Crippen LogP contribution < -0.4 is 4.90 Å². The summed E-state index contributed by atoms with van der Waals surface area (Å²) in [5, 5.41) is 0.661. The Labute approximate surface area is 202 Å². The van der Waals surface area contributed by atoms with Gasteiger partial charge in [-0.05, 0) is 36.8 Å². The third-order valence-electron chi connectivity index (χ3n) is 6.27. The standard InChI is InChI=1S/C25H24ClN5O3/c26-18-5-3-6-19(17-18)30-12-10-27-25(30)29-15-13-28(14-16-29)22(32)9-4-11-31-23(33)20-7-1-2-8-21(20)24(31)34/h1-3,5-8,10,12,17H,4,9,11,13-16H2. The SMILES string of the molecule is O=C(CCCN1C(=O)c2ccccc2C1=O)N1CCN(c2nccn2-c2cccc(Cl)c2)CC1. The van der Waals surface area contributed by atoms with Crippen molar-refractivity contribution in [2.75, 3.05) is 37.6 Å². The minimum atomic E-state index is -0.281. The van der Waals surface area contributed by atoms with E-state index >= 15 is 0 Å². The molecule has 8 nitrogen and oxygen atoms in total. The van der Waals surface area contributed by atoms with E-state index in [1.165, 1.54) is 4.90 Å². The van der Waals surface area contributed by atoms with Crippen molar-refractivity contribution in [1.82, 2.24) is 19.4 Å². The zero-order chi connectivity index (χ0) is 23.7. The number of fused-ring (bicyclic) bond motifs is 1. The first-order valence-electron chi connectivity index (χ1n) is 11.3. The molecule has 0 unspecified atom stereocenters. The average molecular weight is 478 g/mol. The van der Waals surface area contributed by atoms with Gasteiger partial charge in [0, 0.05) is 62.2 Å². The molecule has 2 aliphatic rings. The number of aromatic nitrogens is 2. The number of nitrogens with zero attached hydrogens (tertiary/aromatic N) is 5. The second kappa shape index (κ2) is 9.30. The summed E-state index contributed by atoms with van der Waals surface area (Å²) in [6.07, 6.45) is 4.40. The van der Waals surface area contributed by atoms with Crippen molar-refractivity contribution in [3.63, 3.8) is 0 Å². The fourth-order valence-corrected chi connectivity index (χ4v) is 4.69. The number of rotatable bonds is 6. The molecular formula is C25H24ClN5O3. The maximum Gasteiger partial charge on any atom is 0.261 e. The minimum Gasteiger partial charge on any atom is -0.339 e. The quantitative estimate of drug-likeness (QED) is 0.509. The van der Waals surface area contributed by atoms with Crippen LogP contribution >= 0.6 is 11.6 Å². The van der Waals surface area contributed by atoms with Gasteiger partial charge in [0.2, 0.25) is 11.9 Å². The third kappa shape index (κ3) is 4.17. The average Bonchev–Trinajstić information content (AvgIpc) is 3.44. The van der Waals surface area contributed by atoms with E-state index in [1.54, 1.807) is 30.5 Å². The lowest BCUT2D eigenvalue weighted by molar-refractivity contribution is -0.131. The summed E-state index contributed by atoms with van der Waals surface area (Å²) in [6.45, 7) is 2.76. The number of carbonyl (C=O) groups is 3. The molecule has 2 aromatic carbocycles. The number of amides is 3. The molecule has 0 radical (unpaired) electrons. The van der Waals surface area contributed by atoms with Crippen LogP contribution in [0, 0.1) is 0 Å². The van der Waals surface area contributed by atoms with Crippen LogP contribution in [0.3, 0.4) is 0 Å². The number of benzene rings is 2. The molecule has 1 aromatic heterocycles. The fourth-order valence-electron chi connectivity index (χ4n) is 4.50. The van der Waals surface area contributed by atoms with Gasteiger partial charge in [-0.25, -0.2) is 4.98 Å². The Kier molecular flexibility index (Phi) is 6.06. The molecule has 1 saturated heterocycles. The number of piperazine rings is 1. The molecular weight excluding hydrogens is 454 g/mol. The van der Waals surface area contributed by atoms with Crippen LogP contribution in [0.25, 0.3) is 5.69 Å². The van der Waals surface area contributed by atoms with Gasteiger partial charge in [-0.15, -0.1) is 0 Å². The van der Waals surface area contributed by atoms with Crippen LogP contribution in [-0.4, -0.2) is 69.8 Å². The first-order chi connectivity index (χ1) is 16.5. The van der Waals surface area contributed by atoms with E-state index < -0.39 is 0 Å². The van der Waals surface area contributed by atoms with E-state index in [4.69, 9.17) is 11.6 Å². The number of carbonyl (C=O) groups excluding carboxylic acids is 3. The molecule has 0 atom stereocenters. The van der Waals surface area contributed by atoms with Gasteiger partial charge in [-0.2, -0.15) is 0 Å². The minimum absolute atomic E-state index is 0.0365. The van der Waals surface area contributed by atoms with E-state index in [0.29, 0.717) is 55.2 Å². The van der Waals surface area contributed by atoms with E-state index in [-0.39, 0.29) is 24.3 Å². The second-order valence-corrected chi connectivity index (χ2v) is 8.79. The zero-order valence-electron chi connectivity index (χ0n) is 18.6. The van der Waals surface area contributed by atoms with Crippen molar-refractivity contribution in [2.24, 2.45) is 0 Å². The molecule has 3 amide bonds. The van der Waals surface area contributed by atoms with E-state index in [9.17, 15) is 14.4 Å². The number of halogens is 1. The fraction of sp³-hybridized carbons (Fsp3) is 0.280. The van der Waals surface area contributed by atoms with Crippen LogP contribution in [0.5, 0.6) is 0 Å². The summed E-state index contributed by atoms with van der Waals surface area (Å²) in [5.74, 6) is 0.295. The van der Waals surface area contributed by atoms with Gasteiger partial charge in [0.25, 0.3) is 11.8 Å². The van der Waals surface area contributed by atoms with Crippen LogP contribution in [0.1, 0.15) is 33.6 Å². The lowest BCUT2D eigenvalue weighted by atomic mass is 10.1. The second-order valence-electron chi connectivity index (χ2n) is 8.36. The largest absolute Gasteiger partial charge is 0.339 e. The Bertz CT molecular complexity index is 1210. The van der Waals surface area contributed by atoms with Gasteiger partial charge in [0.05, 0.1) is 11.1 Å². The van der Waals surface area contributed by atoms with Gasteiger partial charge in [-0.3, -0.25) is 23.9 Å². The molecule has 0 bridgehead atoms. The Morgan fingerprint density at radius 2 is 1.65 bits per heavy atom. The Hall–Kier alpha value is -3.65. The summed E-state index contributed by atoms with van der Waals surface area (Å²) >= 11 is 6.14. The van der Waals surface area contributed by atoms with Crippen LogP contribution in [0.2, 0.25) is 5.02 Å². The molecule has 5 rings (SSSR count). The van der Waals surface area contributed by atoms with E-state index in [1.807, 2.05) is 39.9 Å². The molecule has 34 heavy (non-hydrogen) atoms. The van der Waals surface area contributed by atoms with Gasteiger partial charge < -0.3 is 9.80 Å². The van der Waals surface area contributed by atoms with Crippen molar-refractivity contribution in [1.29, 1.82) is 0 Å². The van der Waals surface area contributed by atoms with Crippen molar-refractivity contribution < 1.29 is 14.4 Å². The molecule has 0 N–H and O–H groups in total. The van der Waals surface area contributed by atoms with Crippen molar-refractivity contribution in [2.45, 2.75) is 12.8 Å². The molecule has 3 aromatic rings. The highest BCUT2D eigenvalue weighted by atomic mass is 35.5. The molecule has 2 aliphatic heterocycles. The summed E-state index contributed by atoms with van der Waals surface area (Å²) in [4.78, 5) is 47.4. The maximum absolute atomic E-state index is 12.8. The van der Waals surface area contributed by atoms with Crippen LogP contribution in [-0.2, 0) is 4.79 Å². The van der Waals surface area contributed by atoms with Gasteiger partial charge in [-0.1, -0.05) is 29.8 Å². The number of anilines is 1. The highest BCUT2D eigenvalue weighted by molar-refractivity contribution is 6.30. The van der Waals surface area contributed by atoms with Crippen LogP contribution in [0.4, 0.5) is 5.95 Å². The van der Waals surface area contributed by atoms with Crippen molar-refractivity contribution in [3.05, 3.63) is 77.1 Å². The Balaban J connectivity index is 1.13. The lowest BCUT2D eigenvalue weighted by Gasteiger charge is -2.35. The summed E-state index contributed by atoms with van der Waals surface area (Å²) in [7, 11) is 0. The van der Waals surface area contributed by atoms with Crippen molar-refractivity contribution >= 4 is 35.3 Å². The number of hydrogen-bond donors (Lipinski definition) is 0. The highest BCUT2D eigenvalue weighted by Gasteiger charge is 2.34. The molecule has 174 valence electrons. The first-order valence-corrected chi connectivity index (χ1v) is 11.7. The number of imide groups is 1. The molecule has 1 fully saturated rings. The van der Waals surface area contributed by atoms with E-state index in [2.05, 4.69) is 9.88 Å². The zero-order valence-corrected chi connectivity index (χ0v) is 19.3. The van der Waals surface area contributed by atoms with Crippen molar-refractivity contribution in [3.8, 4) is 5.69 Å². The monoisotopic (exact) mass is 477 g/mol. The lowest BCUT2D eigenvalue weighted by Crippen LogP contribution is -2.49. The maximum atomic E-state index is 12.8. The topological polar surface area (TPSA) is 78.8 Å². The normalized spacial score (nSPS) is 15.7. The van der Waals surface area contributed by atoms with Crippen LogP contribution in [0.15, 0.2) is 60.9 Å². The smallest absolute Gasteiger partial charge is 0.261 e. The highest BCUT2D eigenvalue weighted by Crippen LogP contribution is 2.24. The first kappa shape index (κ1) is 22.2. The molecule has 0 saturated carbocycles. The summed E-state index contributed by atoms with van der Waals surface area (Å²) in [6, 6.07) is 14.4. The summed E-state index contributed by atoms with van der Waals surface area (Å²) in [5.41, 5.74) is 1.81. The van der Waals surface area contributed by atoms with E-state index in [0.717, 1.165) is 11.6 Å². The Morgan fingerprint density at radius 1 is 0.941 bits per heavy atom.